The molecule has 0 spiro atoms. The predicted molar refractivity (Wildman–Crippen MR) is 66.1 cm³/mol. The highest BCUT2D eigenvalue weighted by atomic mass is 19.1. The number of hydrogen-bond acceptors (Lipinski definition) is 1. The number of aliphatic imine (C=N–C) groups is 1. The van der Waals surface area contributed by atoms with E-state index in [0.29, 0.717) is 5.84 Å². The van der Waals surface area contributed by atoms with E-state index < -0.39 is 0 Å². The summed E-state index contributed by atoms with van der Waals surface area (Å²) in [5.74, 6) is 0.502. The fourth-order valence-corrected chi connectivity index (χ4v) is 1.61. The Labute approximate surface area is 96.4 Å². The number of hydrogen-bond donors (Lipinski definition) is 1. The SMILES string of the molecule is CCCC(N)=NC(C)Cc1ccc(F)cc1. The molecule has 2 N–H and O–H groups in total. The zero-order chi connectivity index (χ0) is 12.0. The number of nitrogens with zero attached hydrogens (tertiary/aromatic N) is 1. The zero-order valence-electron chi connectivity index (χ0n) is 9.91. The van der Waals surface area contributed by atoms with Gasteiger partial charge in [-0.05, 0) is 37.5 Å². The van der Waals surface area contributed by atoms with Gasteiger partial charge in [-0.25, -0.2) is 4.39 Å². The van der Waals surface area contributed by atoms with Crippen LogP contribution >= 0.6 is 0 Å². The van der Waals surface area contributed by atoms with Gasteiger partial charge in [-0.3, -0.25) is 4.99 Å². The van der Waals surface area contributed by atoms with Gasteiger partial charge in [0.2, 0.25) is 0 Å². The van der Waals surface area contributed by atoms with Crippen molar-refractivity contribution in [2.24, 2.45) is 10.7 Å². The van der Waals surface area contributed by atoms with Crippen molar-refractivity contribution in [2.45, 2.75) is 39.2 Å². The highest BCUT2D eigenvalue weighted by Crippen LogP contribution is 2.07. The van der Waals surface area contributed by atoms with E-state index in [1.807, 2.05) is 6.92 Å². The van der Waals surface area contributed by atoms with Crippen LogP contribution < -0.4 is 5.73 Å². The van der Waals surface area contributed by atoms with Gasteiger partial charge >= 0.3 is 0 Å². The number of rotatable bonds is 5. The maximum Gasteiger partial charge on any atom is 0.123 e. The maximum atomic E-state index is 12.7. The molecule has 0 amide bonds. The lowest BCUT2D eigenvalue weighted by molar-refractivity contribution is 0.626. The Kier molecular flexibility index (Phi) is 4.96. The lowest BCUT2D eigenvalue weighted by Crippen LogP contribution is -2.16. The van der Waals surface area contributed by atoms with Crippen LogP contribution in [-0.2, 0) is 6.42 Å². The molecule has 3 heteroatoms. The highest BCUT2D eigenvalue weighted by Gasteiger charge is 2.02. The van der Waals surface area contributed by atoms with Crippen LogP contribution in [0.4, 0.5) is 4.39 Å². The molecule has 88 valence electrons. The van der Waals surface area contributed by atoms with Crippen molar-refractivity contribution in [3.05, 3.63) is 35.6 Å². The Bertz CT molecular complexity index is 343. The molecule has 1 aromatic carbocycles. The summed E-state index contributed by atoms with van der Waals surface area (Å²) in [6.45, 7) is 4.10. The Hall–Kier alpha value is -1.38. The third-order valence-electron chi connectivity index (χ3n) is 2.34. The molecule has 0 aliphatic rings. The number of amidine groups is 1. The first-order valence-electron chi connectivity index (χ1n) is 5.68. The van der Waals surface area contributed by atoms with Crippen LogP contribution in [0.25, 0.3) is 0 Å². The molecule has 0 heterocycles. The van der Waals surface area contributed by atoms with Gasteiger partial charge in [0.05, 0.1) is 11.9 Å². The van der Waals surface area contributed by atoms with E-state index in [1.54, 1.807) is 12.1 Å². The first kappa shape index (κ1) is 12.7. The summed E-state index contributed by atoms with van der Waals surface area (Å²) in [5.41, 5.74) is 6.84. The minimum absolute atomic E-state index is 0.150. The van der Waals surface area contributed by atoms with Crippen molar-refractivity contribution in [1.82, 2.24) is 0 Å². The Morgan fingerprint density at radius 1 is 1.38 bits per heavy atom. The van der Waals surface area contributed by atoms with E-state index in [1.165, 1.54) is 12.1 Å². The number of nitrogens with two attached hydrogens (primary N) is 1. The normalized spacial score (nSPS) is 13.8. The lowest BCUT2D eigenvalue weighted by Gasteiger charge is -2.08. The minimum Gasteiger partial charge on any atom is -0.387 e. The standard InChI is InChI=1S/C13H19FN2/c1-3-4-13(15)16-10(2)9-11-5-7-12(14)8-6-11/h5-8,10H,3-4,9H2,1-2H3,(H2,15,16). The van der Waals surface area contributed by atoms with Crippen molar-refractivity contribution in [1.29, 1.82) is 0 Å². The van der Waals surface area contributed by atoms with Gasteiger partial charge < -0.3 is 5.73 Å². The molecule has 0 aromatic heterocycles. The second-order valence-corrected chi connectivity index (χ2v) is 4.05. The molecule has 0 fully saturated rings. The topological polar surface area (TPSA) is 38.4 Å². The highest BCUT2D eigenvalue weighted by molar-refractivity contribution is 5.80. The third-order valence-corrected chi connectivity index (χ3v) is 2.34. The Balaban J connectivity index is 2.54. The van der Waals surface area contributed by atoms with Crippen molar-refractivity contribution >= 4 is 5.84 Å². The monoisotopic (exact) mass is 222 g/mol. The van der Waals surface area contributed by atoms with Gasteiger partial charge in [0.25, 0.3) is 0 Å². The summed E-state index contributed by atoms with van der Waals surface area (Å²) in [4.78, 5) is 4.39. The molecular weight excluding hydrogens is 203 g/mol. The largest absolute Gasteiger partial charge is 0.387 e. The summed E-state index contributed by atoms with van der Waals surface area (Å²) in [7, 11) is 0. The van der Waals surface area contributed by atoms with E-state index in [0.717, 1.165) is 24.8 Å². The second-order valence-electron chi connectivity index (χ2n) is 4.05. The average Bonchev–Trinajstić information content (AvgIpc) is 2.21. The predicted octanol–water partition coefficient (Wildman–Crippen LogP) is 2.91. The molecule has 1 unspecified atom stereocenters. The summed E-state index contributed by atoms with van der Waals surface area (Å²) >= 11 is 0. The van der Waals surface area contributed by atoms with Gasteiger partial charge in [0.15, 0.2) is 0 Å². The molecule has 0 aliphatic heterocycles. The van der Waals surface area contributed by atoms with Crippen molar-refractivity contribution in [3.8, 4) is 0 Å². The first-order valence-corrected chi connectivity index (χ1v) is 5.68. The smallest absolute Gasteiger partial charge is 0.123 e. The van der Waals surface area contributed by atoms with Gasteiger partial charge in [0, 0.05) is 6.42 Å². The van der Waals surface area contributed by atoms with E-state index in [2.05, 4.69) is 11.9 Å². The molecule has 1 rings (SSSR count). The van der Waals surface area contributed by atoms with Gasteiger partial charge in [-0.2, -0.15) is 0 Å². The minimum atomic E-state index is -0.203. The molecule has 0 saturated heterocycles. The van der Waals surface area contributed by atoms with Crippen molar-refractivity contribution in [2.75, 3.05) is 0 Å². The fraction of sp³-hybridized carbons (Fsp3) is 0.462. The van der Waals surface area contributed by atoms with Crippen LogP contribution in [0.15, 0.2) is 29.3 Å². The molecule has 2 nitrogen and oxygen atoms in total. The molecular formula is C13H19FN2. The summed E-state index contributed by atoms with van der Waals surface area (Å²) in [6, 6.07) is 6.67. The van der Waals surface area contributed by atoms with E-state index >= 15 is 0 Å². The van der Waals surface area contributed by atoms with Crippen LogP contribution in [0.2, 0.25) is 0 Å². The van der Waals surface area contributed by atoms with Crippen molar-refractivity contribution < 1.29 is 4.39 Å². The van der Waals surface area contributed by atoms with Crippen molar-refractivity contribution in [3.63, 3.8) is 0 Å². The van der Waals surface area contributed by atoms with Crippen LogP contribution in [0.5, 0.6) is 0 Å². The van der Waals surface area contributed by atoms with Gasteiger partial charge in [0.1, 0.15) is 5.82 Å². The van der Waals surface area contributed by atoms with Gasteiger partial charge in [-0.15, -0.1) is 0 Å². The van der Waals surface area contributed by atoms with Crippen LogP contribution in [0, 0.1) is 5.82 Å². The molecule has 0 aliphatic carbocycles. The molecule has 1 atom stereocenters. The van der Waals surface area contributed by atoms with Crippen LogP contribution in [0.3, 0.4) is 0 Å². The zero-order valence-corrected chi connectivity index (χ0v) is 9.91. The fourth-order valence-electron chi connectivity index (χ4n) is 1.61. The summed E-state index contributed by atoms with van der Waals surface area (Å²) in [6.07, 6.45) is 2.65. The molecule has 0 radical (unpaired) electrons. The summed E-state index contributed by atoms with van der Waals surface area (Å²) in [5, 5.41) is 0. The molecule has 0 bridgehead atoms. The molecule has 16 heavy (non-hydrogen) atoms. The van der Waals surface area contributed by atoms with Gasteiger partial charge in [-0.1, -0.05) is 19.1 Å². The number of halogens is 1. The maximum absolute atomic E-state index is 12.7. The first-order chi connectivity index (χ1) is 7.61. The Morgan fingerprint density at radius 2 is 2.00 bits per heavy atom. The number of benzene rings is 1. The average molecular weight is 222 g/mol. The third kappa shape index (κ3) is 4.43. The van der Waals surface area contributed by atoms with Crippen LogP contribution in [-0.4, -0.2) is 11.9 Å². The quantitative estimate of drug-likeness (QED) is 0.603. The molecule has 1 aromatic rings. The summed E-state index contributed by atoms with van der Waals surface area (Å²) < 4.78 is 12.7. The Morgan fingerprint density at radius 3 is 2.56 bits per heavy atom. The van der Waals surface area contributed by atoms with E-state index in [-0.39, 0.29) is 11.9 Å². The second kappa shape index (κ2) is 6.26. The lowest BCUT2D eigenvalue weighted by atomic mass is 10.1. The van der Waals surface area contributed by atoms with Crippen LogP contribution in [0.1, 0.15) is 32.3 Å². The van der Waals surface area contributed by atoms with E-state index in [9.17, 15) is 4.39 Å². The molecule has 0 saturated carbocycles. The van der Waals surface area contributed by atoms with E-state index in [4.69, 9.17) is 5.73 Å².